The SMILES string of the molecule is NC(CCSCc1csc(NC(N)=NC2O[C@H](CO)[C@@H](O[C@@H]3O[C@H](CO)[C@H](O)[C@H](O)[C@H]3O)[C@H](O)[C@H]2O)n1)=NS(N)(=O)=O. The van der Waals surface area contributed by atoms with E-state index in [2.05, 4.69) is 19.7 Å². The van der Waals surface area contributed by atoms with Crippen LogP contribution >= 0.6 is 23.1 Å². The Balaban J connectivity index is 1.56. The molecule has 2 aliphatic heterocycles. The standard InChI is InChI=1S/C20H35N7O12S3/c21-10(27-42(23,35)36)1-2-40-5-7-6-41-20(24-7)26-19(22)25-17-14(33)13(32)16(9(4-29)37-17)39-18-15(34)12(31)11(30)8(3-28)38-18/h6,8-9,11-18,28-34H,1-5H2,(H2,21,27)(H2,23,35,36)(H3,22,24,25,26)/t8-,9-,11+,12+,13-,14-,15-,16-,17?,18+/m1/s1. The first kappa shape index (κ1) is 34.7. The minimum atomic E-state index is -4.04. The maximum atomic E-state index is 10.9. The van der Waals surface area contributed by atoms with Gasteiger partial charge in [0.2, 0.25) is 0 Å². The highest BCUT2D eigenvalue weighted by atomic mass is 32.2. The Bertz CT molecular complexity index is 1190. The number of hydrogen-bond acceptors (Lipinski definition) is 16. The highest BCUT2D eigenvalue weighted by Crippen LogP contribution is 2.29. The molecule has 1 unspecified atom stereocenters. The van der Waals surface area contributed by atoms with Crippen LogP contribution in [0.4, 0.5) is 5.13 Å². The Hall–Kier alpha value is -1.77. The lowest BCUT2D eigenvalue weighted by Crippen LogP contribution is -2.64. The number of nitrogens with one attached hydrogen (secondary N) is 1. The molecule has 14 N–H and O–H groups in total. The van der Waals surface area contributed by atoms with Gasteiger partial charge in [0.25, 0.3) is 0 Å². The van der Waals surface area contributed by atoms with Crippen molar-refractivity contribution in [2.24, 2.45) is 26.0 Å². The summed E-state index contributed by atoms with van der Waals surface area (Å²) in [7, 11) is -4.04. The van der Waals surface area contributed by atoms with Gasteiger partial charge in [-0.15, -0.1) is 15.7 Å². The van der Waals surface area contributed by atoms with E-state index in [0.29, 0.717) is 22.3 Å². The summed E-state index contributed by atoms with van der Waals surface area (Å²) >= 11 is 2.61. The monoisotopic (exact) mass is 661 g/mol. The first-order chi connectivity index (χ1) is 19.7. The molecule has 0 bridgehead atoms. The number of ether oxygens (including phenoxy) is 3. The molecule has 2 fully saturated rings. The number of amidine groups is 1. The number of aliphatic hydroxyl groups excluding tert-OH is 7. The lowest BCUT2D eigenvalue weighted by molar-refractivity contribution is -0.341. The second-order valence-electron chi connectivity index (χ2n) is 9.21. The van der Waals surface area contributed by atoms with Crippen LogP contribution < -0.4 is 21.9 Å². The van der Waals surface area contributed by atoms with Gasteiger partial charge in [-0.25, -0.2) is 15.1 Å². The fourth-order valence-electron chi connectivity index (χ4n) is 3.95. The molecular weight excluding hydrogens is 626 g/mol. The minimum Gasteiger partial charge on any atom is -0.394 e. The van der Waals surface area contributed by atoms with Crippen molar-refractivity contribution in [2.45, 2.75) is 73.5 Å². The van der Waals surface area contributed by atoms with E-state index >= 15 is 0 Å². The summed E-state index contributed by atoms with van der Waals surface area (Å²) in [4.78, 5) is 8.35. The number of thioether (sulfide) groups is 1. The molecule has 3 rings (SSSR count). The van der Waals surface area contributed by atoms with Gasteiger partial charge < -0.3 is 66.7 Å². The van der Waals surface area contributed by atoms with Crippen LogP contribution in [-0.2, 0) is 30.2 Å². The first-order valence-electron chi connectivity index (χ1n) is 12.3. The largest absolute Gasteiger partial charge is 0.394 e. The van der Waals surface area contributed by atoms with Crippen molar-refractivity contribution in [1.29, 1.82) is 0 Å². The van der Waals surface area contributed by atoms with Crippen LogP contribution in [0.25, 0.3) is 0 Å². The molecule has 0 amide bonds. The van der Waals surface area contributed by atoms with Gasteiger partial charge in [-0.05, 0) is 0 Å². The second-order valence-corrected chi connectivity index (χ2v) is 12.4. The molecule has 0 saturated carbocycles. The van der Waals surface area contributed by atoms with Crippen LogP contribution in [0.15, 0.2) is 14.8 Å². The number of aliphatic hydroxyl groups is 7. The van der Waals surface area contributed by atoms with Gasteiger partial charge in [-0.1, -0.05) is 0 Å². The zero-order valence-electron chi connectivity index (χ0n) is 21.9. The topological polar surface area (TPSA) is 331 Å². The van der Waals surface area contributed by atoms with Crippen LogP contribution in [0, 0.1) is 0 Å². The number of nitrogens with two attached hydrogens (primary N) is 3. The molecule has 0 radical (unpaired) electrons. The van der Waals surface area contributed by atoms with Crippen LogP contribution in [0.1, 0.15) is 12.1 Å². The first-order valence-corrected chi connectivity index (χ1v) is 15.9. The number of thiazole rings is 1. The Morgan fingerprint density at radius 3 is 2.38 bits per heavy atom. The van der Waals surface area contributed by atoms with E-state index in [-0.39, 0.29) is 18.2 Å². The van der Waals surface area contributed by atoms with Crippen LogP contribution in [-0.4, -0.2) is 141 Å². The Morgan fingerprint density at radius 2 is 1.74 bits per heavy atom. The number of hydrogen-bond donors (Lipinski definition) is 11. The highest BCUT2D eigenvalue weighted by molar-refractivity contribution is 7.98. The molecule has 22 heteroatoms. The Morgan fingerprint density at radius 1 is 1.05 bits per heavy atom. The van der Waals surface area contributed by atoms with Crippen molar-refractivity contribution in [2.75, 3.05) is 24.3 Å². The average molecular weight is 662 g/mol. The normalized spacial score (nSPS) is 34.9. The second kappa shape index (κ2) is 15.3. The minimum absolute atomic E-state index is 0.109. The molecule has 2 saturated heterocycles. The van der Waals surface area contributed by atoms with E-state index < -0.39 is 84.8 Å². The maximum absolute atomic E-state index is 10.9. The third-order valence-corrected chi connectivity index (χ3v) is 8.32. The smallest absolute Gasteiger partial charge is 0.318 e. The number of rotatable bonds is 12. The predicted molar refractivity (Wildman–Crippen MR) is 149 cm³/mol. The molecule has 240 valence electrons. The van der Waals surface area contributed by atoms with Crippen LogP contribution in [0.2, 0.25) is 0 Å². The molecule has 1 aromatic rings. The van der Waals surface area contributed by atoms with Gasteiger partial charge in [-0.3, -0.25) is 0 Å². The summed E-state index contributed by atoms with van der Waals surface area (Å²) in [5.41, 5.74) is 12.1. The van der Waals surface area contributed by atoms with E-state index in [0.717, 1.165) is 0 Å². The van der Waals surface area contributed by atoms with Gasteiger partial charge in [0.1, 0.15) is 54.7 Å². The van der Waals surface area contributed by atoms with Gasteiger partial charge in [0.15, 0.2) is 23.6 Å². The summed E-state index contributed by atoms with van der Waals surface area (Å²) in [5, 5.41) is 80.2. The van der Waals surface area contributed by atoms with Crippen molar-refractivity contribution in [3.05, 3.63) is 11.1 Å². The third-order valence-electron chi connectivity index (χ3n) is 6.03. The predicted octanol–water partition coefficient (Wildman–Crippen LogP) is -5.32. The average Bonchev–Trinajstić information content (AvgIpc) is 3.36. The van der Waals surface area contributed by atoms with E-state index in [9.17, 15) is 44.2 Å². The molecule has 10 atom stereocenters. The summed E-state index contributed by atoms with van der Waals surface area (Å²) < 4.78 is 41.3. The van der Waals surface area contributed by atoms with E-state index in [1.165, 1.54) is 23.1 Å². The third kappa shape index (κ3) is 9.36. The van der Waals surface area contributed by atoms with E-state index in [1.54, 1.807) is 5.38 Å². The van der Waals surface area contributed by atoms with Gasteiger partial charge in [0.05, 0.1) is 18.9 Å². The molecule has 2 aliphatic rings. The number of nitrogens with zero attached hydrogens (tertiary/aromatic N) is 3. The summed E-state index contributed by atoms with van der Waals surface area (Å²) in [6.45, 7) is -1.44. The molecule has 42 heavy (non-hydrogen) atoms. The number of aliphatic imine (C=N–C) groups is 1. The summed E-state index contributed by atoms with van der Waals surface area (Å²) in [5.74, 6) is 0.572. The van der Waals surface area contributed by atoms with Gasteiger partial charge in [0, 0.05) is 23.3 Å². The van der Waals surface area contributed by atoms with Crippen molar-refractivity contribution in [1.82, 2.24) is 4.98 Å². The molecule has 1 aromatic heterocycles. The molecule has 19 nitrogen and oxygen atoms in total. The van der Waals surface area contributed by atoms with Crippen molar-refractivity contribution in [3.63, 3.8) is 0 Å². The van der Waals surface area contributed by atoms with Crippen molar-refractivity contribution < 1.29 is 58.4 Å². The Labute approximate surface area is 248 Å². The van der Waals surface area contributed by atoms with Crippen molar-refractivity contribution in [3.8, 4) is 0 Å². The van der Waals surface area contributed by atoms with Crippen LogP contribution in [0.3, 0.4) is 0 Å². The number of anilines is 1. The number of guanidine groups is 1. The lowest BCUT2D eigenvalue weighted by atomic mass is 9.96. The molecule has 0 aromatic carbocycles. The maximum Gasteiger partial charge on any atom is 0.318 e. The molecule has 0 aliphatic carbocycles. The zero-order chi connectivity index (χ0) is 31.2. The summed E-state index contributed by atoms with van der Waals surface area (Å²) in [6.07, 6.45) is -15.6. The van der Waals surface area contributed by atoms with Gasteiger partial charge in [-0.2, -0.15) is 20.2 Å². The zero-order valence-corrected chi connectivity index (χ0v) is 24.3. The fraction of sp³-hybridized carbons (Fsp3) is 0.750. The lowest BCUT2D eigenvalue weighted by Gasteiger charge is -2.45. The van der Waals surface area contributed by atoms with E-state index in [1.807, 2.05) is 0 Å². The molecular formula is C20H35N7O12S3. The van der Waals surface area contributed by atoms with Crippen LogP contribution in [0.5, 0.6) is 0 Å². The van der Waals surface area contributed by atoms with E-state index in [4.69, 9.17) is 30.8 Å². The Kier molecular flexibility index (Phi) is 12.6. The summed E-state index contributed by atoms with van der Waals surface area (Å²) in [6, 6.07) is 0. The number of aromatic nitrogens is 1. The van der Waals surface area contributed by atoms with Gasteiger partial charge >= 0.3 is 10.2 Å². The molecule has 3 heterocycles. The molecule has 0 spiro atoms. The highest BCUT2D eigenvalue weighted by Gasteiger charge is 2.50. The van der Waals surface area contributed by atoms with Crippen molar-refractivity contribution >= 4 is 50.2 Å². The quantitative estimate of drug-likeness (QED) is 0.0566. The fourth-order valence-corrected chi connectivity index (χ4v) is 6.04.